The zero-order valence-electron chi connectivity index (χ0n) is 33.8. The third-order valence-electron chi connectivity index (χ3n) is 12.6. The van der Waals surface area contributed by atoms with Crippen molar-refractivity contribution in [1.29, 1.82) is 0 Å². The van der Waals surface area contributed by atoms with Crippen LogP contribution in [0.25, 0.3) is 0 Å². The second-order valence-corrected chi connectivity index (χ2v) is 16.8. The Kier molecular flexibility index (Phi) is 16.0. The van der Waals surface area contributed by atoms with E-state index in [9.17, 15) is 34.5 Å². The molecular weight excluding hydrogens is 694 g/mol. The highest BCUT2D eigenvalue weighted by atomic mass is 16.7. The van der Waals surface area contributed by atoms with Gasteiger partial charge in [0.25, 0.3) is 11.7 Å². The number of ketones is 2. The van der Waals surface area contributed by atoms with Crippen molar-refractivity contribution in [2.75, 3.05) is 20.8 Å². The average molecular weight is 762 g/mol. The van der Waals surface area contributed by atoms with Gasteiger partial charge in [0.1, 0.15) is 17.9 Å². The highest BCUT2D eigenvalue weighted by molar-refractivity contribution is 6.39. The van der Waals surface area contributed by atoms with Gasteiger partial charge in [-0.1, -0.05) is 45.4 Å². The van der Waals surface area contributed by atoms with E-state index in [1.54, 1.807) is 28.1 Å². The smallest absolute Gasteiger partial charge is 0.329 e. The van der Waals surface area contributed by atoms with E-state index >= 15 is 0 Å². The summed E-state index contributed by atoms with van der Waals surface area (Å²) in [4.78, 5) is 57.3. The van der Waals surface area contributed by atoms with Gasteiger partial charge in [0.05, 0.1) is 30.5 Å². The van der Waals surface area contributed by atoms with Gasteiger partial charge in [0.2, 0.25) is 5.79 Å². The van der Waals surface area contributed by atoms with Crippen LogP contribution in [0.5, 0.6) is 0 Å². The first kappa shape index (κ1) is 44.2. The Morgan fingerprint density at radius 2 is 1.65 bits per heavy atom. The number of rotatable bonds is 5. The molecule has 3 N–H and O–H groups in total. The molecule has 4 aliphatic rings. The van der Waals surface area contributed by atoms with Gasteiger partial charge < -0.3 is 39.2 Å². The monoisotopic (exact) mass is 761 g/mol. The molecular formula is C42H67NO11. The minimum absolute atomic E-state index is 0.0123. The van der Waals surface area contributed by atoms with Crippen molar-refractivity contribution >= 4 is 23.4 Å². The Balaban J connectivity index is 1.74. The van der Waals surface area contributed by atoms with Crippen LogP contribution in [0.1, 0.15) is 119 Å². The molecule has 1 saturated carbocycles. The van der Waals surface area contributed by atoms with Crippen LogP contribution in [0.2, 0.25) is 0 Å². The predicted molar refractivity (Wildman–Crippen MR) is 202 cm³/mol. The summed E-state index contributed by atoms with van der Waals surface area (Å²) in [5.41, 5.74) is 1.70. The number of ether oxygens (including phenoxy) is 4. The number of aliphatic hydroxyl groups is 3. The Morgan fingerprint density at radius 1 is 0.944 bits per heavy atom. The van der Waals surface area contributed by atoms with Crippen molar-refractivity contribution in [3.8, 4) is 0 Å². The summed E-state index contributed by atoms with van der Waals surface area (Å²) in [5, 5.41) is 33.9. The second-order valence-electron chi connectivity index (χ2n) is 16.8. The largest absolute Gasteiger partial charge is 0.456 e. The molecule has 306 valence electrons. The highest BCUT2D eigenvalue weighted by Gasteiger charge is 2.54. The van der Waals surface area contributed by atoms with E-state index < -0.39 is 77.8 Å². The van der Waals surface area contributed by atoms with Crippen molar-refractivity contribution in [3.05, 3.63) is 23.3 Å². The van der Waals surface area contributed by atoms with Crippen LogP contribution in [0.15, 0.2) is 23.3 Å². The van der Waals surface area contributed by atoms with E-state index in [0.717, 1.165) is 5.57 Å². The summed E-state index contributed by atoms with van der Waals surface area (Å²) >= 11 is 0. The fourth-order valence-electron chi connectivity index (χ4n) is 9.12. The van der Waals surface area contributed by atoms with Crippen LogP contribution in [0.3, 0.4) is 0 Å². The van der Waals surface area contributed by atoms with E-state index in [4.69, 9.17) is 18.9 Å². The maximum absolute atomic E-state index is 14.2. The summed E-state index contributed by atoms with van der Waals surface area (Å²) in [5.74, 6) is -7.01. The lowest BCUT2D eigenvalue weighted by Crippen LogP contribution is -2.61. The number of cyclic esters (lactones) is 1. The van der Waals surface area contributed by atoms with Crippen LogP contribution in [-0.4, -0.2) is 113 Å². The summed E-state index contributed by atoms with van der Waals surface area (Å²) in [6.45, 7) is 11.4. The molecule has 12 heteroatoms. The van der Waals surface area contributed by atoms with Gasteiger partial charge in [-0.3, -0.25) is 14.4 Å². The quantitative estimate of drug-likeness (QED) is 0.199. The van der Waals surface area contributed by atoms with Crippen LogP contribution < -0.4 is 0 Å². The number of piperidine rings is 1. The van der Waals surface area contributed by atoms with Gasteiger partial charge in [0.15, 0.2) is 0 Å². The second kappa shape index (κ2) is 19.6. The lowest BCUT2D eigenvalue weighted by Gasteiger charge is -2.44. The van der Waals surface area contributed by atoms with Crippen molar-refractivity contribution in [1.82, 2.24) is 4.90 Å². The molecule has 3 fully saturated rings. The van der Waals surface area contributed by atoms with Crippen LogP contribution in [-0.2, 0) is 38.1 Å². The highest BCUT2D eigenvalue weighted by Crippen LogP contribution is 2.38. The summed E-state index contributed by atoms with van der Waals surface area (Å²) < 4.78 is 23.8. The number of hydrogen-bond acceptors (Lipinski definition) is 11. The number of carbonyl (C=O) groups excluding carboxylic acids is 4. The summed E-state index contributed by atoms with van der Waals surface area (Å²) in [7, 11) is 3.13. The van der Waals surface area contributed by atoms with Gasteiger partial charge in [-0.15, -0.1) is 0 Å². The summed E-state index contributed by atoms with van der Waals surface area (Å²) in [6.07, 6.45) is 5.70. The maximum Gasteiger partial charge on any atom is 0.329 e. The van der Waals surface area contributed by atoms with Crippen molar-refractivity contribution in [3.63, 3.8) is 0 Å². The normalized spacial score (nSPS) is 41.3. The van der Waals surface area contributed by atoms with Gasteiger partial charge in [-0.2, -0.15) is 0 Å². The van der Waals surface area contributed by atoms with E-state index in [2.05, 4.69) is 6.92 Å². The van der Waals surface area contributed by atoms with E-state index in [0.29, 0.717) is 69.8 Å². The number of allylic oxidation sites excluding steroid dienone is 3. The van der Waals surface area contributed by atoms with E-state index in [-0.39, 0.29) is 43.1 Å². The number of nitrogens with zero attached hydrogens (tertiary/aromatic N) is 1. The average Bonchev–Trinajstić information content (AvgIpc) is 3.15. The lowest BCUT2D eigenvalue weighted by molar-refractivity contribution is -0.278. The van der Waals surface area contributed by atoms with Crippen LogP contribution in [0, 0.1) is 29.6 Å². The Hall–Kier alpha value is -2.48. The number of methoxy groups -OCH3 is 2. The molecule has 2 saturated heterocycles. The molecule has 0 aromatic carbocycles. The van der Waals surface area contributed by atoms with Crippen LogP contribution in [0.4, 0.5) is 0 Å². The van der Waals surface area contributed by atoms with Gasteiger partial charge in [0, 0.05) is 44.9 Å². The van der Waals surface area contributed by atoms with Crippen molar-refractivity contribution in [2.24, 2.45) is 29.6 Å². The van der Waals surface area contributed by atoms with E-state index in [1.165, 1.54) is 4.90 Å². The molecule has 1 aliphatic carbocycles. The minimum atomic E-state index is -2.40. The first-order chi connectivity index (χ1) is 25.5. The SMILES string of the molecule is CC[C@@H]1/C=C(\C)C[C@H](C)CC(OC)C2CC[C@@H](C)C(O)(O2)C(=O)C(=O)N2CCCCC2C(=O)OC(/C(C)=C/[C@@H]2CCC(O)C(OC)C2)[C@H](C)C(O)CC1=O. The zero-order chi connectivity index (χ0) is 39.9. The standard InChI is InChI=1S/C42H67NO11/c1-9-30-19-24(2)18-25(3)20-37(52-8)35-16-13-27(5)42(50,54-35)39(47)40(48)43-17-11-10-12-31(43)41(49)53-38(28(6)33(45)23-34(30)46)26(4)21-29-14-15-32(44)36(22-29)51-7/h19,21,25,27-33,35-38,44-45,50H,9-18,20,22-23H2,1-8H3/b24-19+,26-21+/t25-,27+,28+,29-,30+,31?,32?,33?,35?,36?,37?,38?,42?/m0/s1. The molecule has 0 spiro atoms. The molecule has 1 amide bonds. The number of esters is 1. The Morgan fingerprint density at radius 3 is 2.31 bits per heavy atom. The number of fused-ring (bicyclic) bond motifs is 3. The first-order valence-corrected chi connectivity index (χ1v) is 20.3. The predicted octanol–water partition coefficient (Wildman–Crippen LogP) is 4.85. The molecule has 12 nitrogen and oxygen atoms in total. The third-order valence-corrected chi connectivity index (χ3v) is 12.6. The number of amides is 1. The minimum Gasteiger partial charge on any atom is -0.456 e. The molecule has 3 aliphatic heterocycles. The zero-order valence-corrected chi connectivity index (χ0v) is 33.8. The molecule has 4 rings (SSSR count). The van der Waals surface area contributed by atoms with Crippen LogP contribution >= 0.6 is 0 Å². The molecule has 0 aromatic rings. The number of carbonyl (C=O) groups is 4. The topological polar surface area (TPSA) is 169 Å². The molecule has 2 bridgehead atoms. The van der Waals surface area contributed by atoms with Crippen molar-refractivity contribution < 1.29 is 53.4 Å². The molecule has 54 heavy (non-hydrogen) atoms. The first-order valence-electron chi connectivity index (χ1n) is 20.3. The Labute approximate surface area is 322 Å². The maximum atomic E-state index is 14.2. The number of Topliss-reactive ketones (excluding diaryl/α,β-unsaturated/α-hetero) is 2. The fraction of sp³-hybridized carbons (Fsp3) is 0.810. The lowest BCUT2D eigenvalue weighted by atomic mass is 9.81. The molecule has 3 heterocycles. The van der Waals surface area contributed by atoms with Gasteiger partial charge in [-0.05, 0) is 102 Å². The molecule has 0 aromatic heterocycles. The number of aliphatic hydroxyl groups excluding tert-OH is 2. The summed E-state index contributed by atoms with van der Waals surface area (Å²) in [6, 6.07) is -1.10. The van der Waals surface area contributed by atoms with Gasteiger partial charge in [-0.25, -0.2) is 4.79 Å². The third kappa shape index (κ3) is 10.5. The van der Waals surface area contributed by atoms with Crippen molar-refractivity contribution in [2.45, 2.75) is 167 Å². The van der Waals surface area contributed by atoms with E-state index in [1.807, 2.05) is 32.9 Å². The molecule has 13 atom stereocenters. The Bertz CT molecular complexity index is 1380. The molecule has 8 unspecified atom stereocenters. The molecule has 0 radical (unpaired) electrons. The number of hydrogen-bond donors (Lipinski definition) is 3. The fourth-order valence-corrected chi connectivity index (χ4v) is 9.12. The van der Waals surface area contributed by atoms with Gasteiger partial charge >= 0.3 is 5.97 Å².